The first kappa shape index (κ1) is 13.1. The Morgan fingerprint density at radius 2 is 2.20 bits per heavy atom. The Morgan fingerprint density at radius 3 is 2.87 bits per heavy atom. The molecule has 1 saturated heterocycles. The van der Waals surface area contributed by atoms with E-state index in [1.54, 1.807) is 0 Å². The molecule has 1 rings (SSSR count). The first-order valence-electron chi connectivity index (χ1n) is 5.71. The van der Waals surface area contributed by atoms with Crippen LogP contribution in [0, 0.1) is 0 Å². The molecular weight excluding hydrogens is 204 g/mol. The molecule has 0 amide bonds. The largest absolute Gasteiger partial charge is 0.316 e. The highest BCUT2D eigenvalue weighted by molar-refractivity contribution is 8.00. The molecule has 0 aromatic carbocycles. The monoisotopic (exact) mass is 228 g/mol. The Labute approximate surface area is 98.5 Å². The molecule has 1 aliphatic heterocycles. The van der Waals surface area contributed by atoms with E-state index < -0.39 is 0 Å². The normalized spacial score (nSPS) is 22.3. The number of nitrogens with zero attached hydrogens (tertiary/aromatic N) is 1. The minimum Gasteiger partial charge on any atom is -0.316 e. The van der Waals surface area contributed by atoms with Gasteiger partial charge in [0.1, 0.15) is 0 Å². The summed E-state index contributed by atoms with van der Waals surface area (Å²) in [6.45, 7) is 13.2. The summed E-state index contributed by atoms with van der Waals surface area (Å²) in [7, 11) is 1.98. The highest BCUT2D eigenvalue weighted by Crippen LogP contribution is 2.30. The average Bonchev–Trinajstić information content (AvgIpc) is 2.28. The summed E-state index contributed by atoms with van der Waals surface area (Å²) < 4.78 is 0.457. The minimum atomic E-state index is 0.457. The lowest BCUT2D eigenvalue weighted by atomic mass is 10.1. The summed E-state index contributed by atoms with van der Waals surface area (Å²) in [6.07, 6.45) is 1.28. The van der Waals surface area contributed by atoms with Crippen LogP contribution in [0.3, 0.4) is 0 Å². The predicted octanol–water partition coefficient (Wildman–Crippen LogP) is 1.98. The van der Waals surface area contributed by atoms with Crippen LogP contribution in [-0.4, -0.2) is 48.6 Å². The summed E-state index contributed by atoms with van der Waals surface area (Å²) in [5.41, 5.74) is 1.29. The third-order valence-electron chi connectivity index (χ3n) is 2.80. The first-order valence-corrected chi connectivity index (χ1v) is 6.69. The van der Waals surface area contributed by atoms with E-state index in [0.717, 1.165) is 13.1 Å². The second-order valence-electron chi connectivity index (χ2n) is 4.91. The summed E-state index contributed by atoms with van der Waals surface area (Å²) >= 11 is 2.10. The van der Waals surface area contributed by atoms with Crippen LogP contribution in [0.1, 0.15) is 20.3 Å². The van der Waals surface area contributed by atoms with Crippen LogP contribution >= 0.6 is 11.8 Å². The van der Waals surface area contributed by atoms with E-state index >= 15 is 0 Å². The Kier molecular flexibility index (Phi) is 5.16. The van der Waals surface area contributed by atoms with E-state index in [-0.39, 0.29) is 0 Å². The van der Waals surface area contributed by atoms with Crippen molar-refractivity contribution in [3.63, 3.8) is 0 Å². The number of hydrogen-bond donors (Lipinski definition) is 1. The highest BCUT2D eigenvalue weighted by atomic mass is 32.2. The topological polar surface area (TPSA) is 15.3 Å². The van der Waals surface area contributed by atoms with Crippen molar-refractivity contribution >= 4 is 11.8 Å². The predicted molar refractivity (Wildman–Crippen MR) is 70.7 cm³/mol. The fourth-order valence-electron chi connectivity index (χ4n) is 1.84. The molecule has 0 saturated carbocycles. The zero-order valence-corrected chi connectivity index (χ0v) is 11.1. The van der Waals surface area contributed by atoms with Gasteiger partial charge in [-0.2, -0.15) is 11.8 Å². The smallest absolute Gasteiger partial charge is 0.0203 e. The lowest BCUT2D eigenvalue weighted by Crippen LogP contribution is -2.31. The summed E-state index contributed by atoms with van der Waals surface area (Å²) in [5, 5.41) is 3.16. The Balaban J connectivity index is 2.34. The van der Waals surface area contributed by atoms with Gasteiger partial charge in [0.2, 0.25) is 0 Å². The maximum atomic E-state index is 4.09. The van der Waals surface area contributed by atoms with Gasteiger partial charge in [-0.25, -0.2) is 0 Å². The van der Waals surface area contributed by atoms with Crippen LogP contribution in [0.15, 0.2) is 12.2 Å². The molecule has 2 nitrogen and oxygen atoms in total. The van der Waals surface area contributed by atoms with Crippen molar-refractivity contribution in [3.05, 3.63) is 12.2 Å². The van der Waals surface area contributed by atoms with Crippen molar-refractivity contribution in [2.24, 2.45) is 0 Å². The molecule has 0 aliphatic carbocycles. The molecule has 0 radical (unpaired) electrons. The molecular formula is C12H24N2S. The third-order valence-corrected chi connectivity index (χ3v) is 4.18. The molecule has 15 heavy (non-hydrogen) atoms. The highest BCUT2D eigenvalue weighted by Gasteiger charge is 2.23. The van der Waals surface area contributed by atoms with Crippen LogP contribution in [0.5, 0.6) is 0 Å². The van der Waals surface area contributed by atoms with Gasteiger partial charge in [-0.3, -0.25) is 4.90 Å². The van der Waals surface area contributed by atoms with Crippen molar-refractivity contribution in [3.8, 4) is 0 Å². The minimum absolute atomic E-state index is 0.457. The van der Waals surface area contributed by atoms with E-state index in [2.05, 4.69) is 42.4 Å². The molecule has 3 heteroatoms. The number of hydrogen-bond acceptors (Lipinski definition) is 3. The van der Waals surface area contributed by atoms with Gasteiger partial charge in [0.25, 0.3) is 0 Å². The SMILES string of the molecule is C=C(CNC)CN1CCSC(C)(C)CC1. The van der Waals surface area contributed by atoms with Crippen molar-refractivity contribution in [2.75, 3.05) is 39.0 Å². The Morgan fingerprint density at radius 1 is 1.47 bits per heavy atom. The standard InChI is InChI=1S/C12H24N2S/c1-11(9-13-4)10-14-6-5-12(2,3)15-8-7-14/h13H,1,5-10H2,2-4H3. The maximum Gasteiger partial charge on any atom is 0.0203 e. The molecule has 1 aliphatic rings. The first-order chi connectivity index (χ1) is 7.03. The molecule has 0 unspecified atom stereocenters. The van der Waals surface area contributed by atoms with Crippen LogP contribution in [-0.2, 0) is 0 Å². The van der Waals surface area contributed by atoms with Gasteiger partial charge in [-0.1, -0.05) is 20.4 Å². The van der Waals surface area contributed by atoms with E-state index in [4.69, 9.17) is 0 Å². The number of rotatable bonds is 4. The van der Waals surface area contributed by atoms with Crippen molar-refractivity contribution < 1.29 is 0 Å². The van der Waals surface area contributed by atoms with Gasteiger partial charge in [-0.15, -0.1) is 0 Å². The van der Waals surface area contributed by atoms with Crippen molar-refractivity contribution in [1.82, 2.24) is 10.2 Å². The number of likely N-dealkylation sites (N-methyl/N-ethyl adjacent to an activating group) is 1. The van der Waals surface area contributed by atoms with E-state index in [0.29, 0.717) is 4.75 Å². The lowest BCUT2D eigenvalue weighted by molar-refractivity contribution is 0.305. The van der Waals surface area contributed by atoms with Gasteiger partial charge in [0, 0.05) is 30.1 Å². The number of thioether (sulfide) groups is 1. The molecule has 1 N–H and O–H groups in total. The zero-order chi connectivity index (χ0) is 11.3. The van der Waals surface area contributed by atoms with Crippen LogP contribution in [0.4, 0.5) is 0 Å². The van der Waals surface area contributed by atoms with Crippen molar-refractivity contribution in [1.29, 1.82) is 0 Å². The quantitative estimate of drug-likeness (QED) is 0.741. The average molecular weight is 228 g/mol. The summed E-state index contributed by atoms with van der Waals surface area (Å²) in [4.78, 5) is 2.53. The fraction of sp³-hybridized carbons (Fsp3) is 0.833. The van der Waals surface area contributed by atoms with Crippen LogP contribution in [0.25, 0.3) is 0 Å². The van der Waals surface area contributed by atoms with Crippen LogP contribution < -0.4 is 5.32 Å². The van der Waals surface area contributed by atoms with Gasteiger partial charge >= 0.3 is 0 Å². The summed E-state index contributed by atoms with van der Waals surface area (Å²) in [5.74, 6) is 1.25. The number of nitrogens with one attached hydrogen (secondary N) is 1. The molecule has 0 bridgehead atoms. The fourth-order valence-corrected chi connectivity index (χ4v) is 2.98. The van der Waals surface area contributed by atoms with E-state index in [1.807, 2.05) is 7.05 Å². The molecule has 88 valence electrons. The Hall–Kier alpha value is 0.0100. The zero-order valence-electron chi connectivity index (χ0n) is 10.3. The van der Waals surface area contributed by atoms with Gasteiger partial charge in [0.15, 0.2) is 0 Å². The molecule has 1 heterocycles. The van der Waals surface area contributed by atoms with E-state index in [9.17, 15) is 0 Å². The van der Waals surface area contributed by atoms with E-state index in [1.165, 1.54) is 30.8 Å². The molecule has 0 atom stereocenters. The van der Waals surface area contributed by atoms with Gasteiger partial charge in [0.05, 0.1) is 0 Å². The van der Waals surface area contributed by atoms with Crippen molar-refractivity contribution in [2.45, 2.75) is 25.0 Å². The lowest BCUT2D eigenvalue weighted by Gasteiger charge is -2.23. The molecule has 0 aromatic rings. The second kappa shape index (κ2) is 5.92. The molecule has 0 aromatic heterocycles. The van der Waals surface area contributed by atoms with Gasteiger partial charge in [-0.05, 0) is 25.6 Å². The molecule has 0 spiro atoms. The summed E-state index contributed by atoms with van der Waals surface area (Å²) in [6, 6.07) is 0. The van der Waals surface area contributed by atoms with Gasteiger partial charge < -0.3 is 5.32 Å². The molecule has 1 fully saturated rings. The second-order valence-corrected chi connectivity index (χ2v) is 6.72. The third kappa shape index (κ3) is 5.05. The van der Waals surface area contributed by atoms with Crippen LogP contribution in [0.2, 0.25) is 0 Å². The maximum absolute atomic E-state index is 4.09. The Bertz CT molecular complexity index is 214.